The summed E-state index contributed by atoms with van der Waals surface area (Å²) in [5, 5.41) is 1.14. The monoisotopic (exact) mass is 446 g/mol. The van der Waals surface area contributed by atoms with Crippen LogP contribution in [0.5, 0.6) is 11.5 Å². The van der Waals surface area contributed by atoms with Gasteiger partial charge in [-0.1, -0.05) is 27.5 Å². The van der Waals surface area contributed by atoms with Gasteiger partial charge in [-0.15, -0.1) is 0 Å². The molecule has 0 saturated carbocycles. The van der Waals surface area contributed by atoms with E-state index >= 15 is 0 Å². The largest absolute Gasteiger partial charge is 0.493 e. The molecule has 27 heavy (non-hydrogen) atoms. The first kappa shape index (κ1) is 18.1. The molecule has 2 aromatic carbocycles. The topological polar surface area (TPSA) is 53.4 Å². The summed E-state index contributed by atoms with van der Waals surface area (Å²) >= 11 is 9.65. The fourth-order valence-electron chi connectivity index (χ4n) is 3.30. The number of benzene rings is 2. The highest BCUT2D eigenvalue weighted by atomic mass is 79.9. The van der Waals surface area contributed by atoms with E-state index in [0.29, 0.717) is 39.8 Å². The summed E-state index contributed by atoms with van der Waals surface area (Å²) in [6.45, 7) is 0.608. The van der Waals surface area contributed by atoms with Gasteiger partial charge in [-0.3, -0.25) is 9.36 Å². The number of allylic oxidation sites excluding steroid dienone is 1. The van der Waals surface area contributed by atoms with Crippen LogP contribution in [0.2, 0.25) is 5.02 Å². The van der Waals surface area contributed by atoms with Crippen molar-refractivity contribution in [2.45, 2.75) is 13.0 Å². The van der Waals surface area contributed by atoms with Gasteiger partial charge in [-0.2, -0.15) is 0 Å². The van der Waals surface area contributed by atoms with Crippen LogP contribution in [0.3, 0.4) is 0 Å². The second-order valence-electron chi connectivity index (χ2n) is 6.20. The molecule has 0 saturated heterocycles. The summed E-state index contributed by atoms with van der Waals surface area (Å²) in [5.74, 6) is 1.96. The summed E-state index contributed by atoms with van der Waals surface area (Å²) in [5.41, 5.74) is 2.48. The SMILES string of the molecule is COc1cc(Br)c(/C=C2\CCn3c2nc2cc(Cl)ccc2c3=O)cc1OC. The van der Waals surface area contributed by atoms with Crippen molar-refractivity contribution in [2.75, 3.05) is 14.2 Å². The molecule has 1 aliphatic rings. The summed E-state index contributed by atoms with van der Waals surface area (Å²) < 4.78 is 13.3. The molecule has 0 amide bonds. The van der Waals surface area contributed by atoms with Crippen molar-refractivity contribution in [2.24, 2.45) is 0 Å². The Labute approximate surface area is 169 Å². The maximum Gasteiger partial charge on any atom is 0.261 e. The van der Waals surface area contributed by atoms with Crippen molar-refractivity contribution in [3.8, 4) is 11.5 Å². The summed E-state index contributed by atoms with van der Waals surface area (Å²) in [6, 6.07) is 8.93. The Morgan fingerprint density at radius 2 is 1.93 bits per heavy atom. The van der Waals surface area contributed by atoms with Crippen molar-refractivity contribution in [1.29, 1.82) is 0 Å². The molecule has 1 aromatic heterocycles. The van der Waals surface area contributed by atoms with E-state index in [1.807, 2.05) is 18.2 Å². The zero-order valence-corrected chi connectivity index (χ0v) is 17.1. The van der Waals surface area contributed by atoms with Crippen LogP contribution >= 0.6 is 27.5 Å². The highest BCUT2D eigenvalue weighted by Crippen LogP contribution is 2.36. The quantitative estimate of drug-likeness (QED) is 0.580. The van der Waals surface area contributed by atoms with Gasteiger partial charge in [0.15, 0.2) is 11.5 Å². The van der Waals surface area contributed by atoms with Gasteiger partial charge in [0.1, 0.15) is 5.82 Å². The van der Waals surface area contributed by atoms with E-state index in [-0.39, 0.29) is 5.56 Å². The van der Waals surface area contributed by atoms with Crippen molar-refractivity contribution in [3.05, 3.63) is 61.6 Å². The van der Waals surface area contributed by atoms with Crippen LogP contribution in [0.4, 0.5) is 0 Å². The molecule has 2 heterocycles. The Balaban J connectivity index is 1.87. The first-order valence-corrected chi connectivity index (χ1v) is 9.51. The minimum absolute atomic E-state index is 0.0403. The van der Waals surface area contributed by atoms with E-state index in [1.165, 1.54) is 0 Å². The molecule has 138 valence electrons. The number of fused-ring (bicyclic) bond motifs is 2. The van der Waals surface area contributed by atoms with Gasteiger partial charge in [0.25, 0.3) is 5.56 Å². The molecular weight excluding hydrogens is 432 g/mol. The van der Waals surface area contributed by atoms with Gasteiger partial charge in [-0.05, 0) is 54.0 Å². The Kier molecular flexibility index (Phi) is 4.70. The molecule has 5 nitrogen and oxygen atoms in total. The third-order valence-corrected chi connectivity index (χ3v) is 5.56. The van der Waals surface area contributed by atoms with E-state index in [4.69, 9.17) is 26.1 Å². The van der Waals surface area contributed by atoms with Gasteiger partial charge >= 0.3 is 0 Å². The highest BCUT2D eigenvalue weighted by molar-refractivity contribution is 9.10. The first-order valence-electron chi connectivity index (χ1n) is 8.34. The second-order valence-corrected chi connectivity index (χ2v) is 7.49. The minimum Gasteiger partial charge on any atom is -0.493 e. The lowest BCUT2D eigenvalue weighted by atomic mass is 10.1. The van der Waals surface area contributed by atoms with Crippen molar-refractivity contribution in [3.63, 3.8) is 0 Å². The molecule has 1 aliphatic heterocycles. The number of methoxy groups -OCH3 is 2. The number of halogens is 2. The lowest BCUT2D eigenvalue weighted by molar-refractivity contribution is 0.354. The predicted octanol–water partition coefficient (Wildman–Crippen LogP) is 4.77. The Morgan fingerprint density at radius 3 is 2.67 bits per heavy atom. The second kappa shape index (κ2) is 7.02. The fraction of sp³-hybridized carbons (Fsp3) is 0.200. The Hall–Kier alpha value is -2.31. The molecule has 3 aromatic rings. The highest BCUT2D eigenvalue weighted by Gasteiger charge is 2.21. The number of ether oxygens (including phenoxy) is 2. The van der Waals surface area contributed by atoms with Gasteiger partial charge in [-0.25, -0.2) is 4.98 Å². The molecule has 0 spiro atoms. The summed E-state index contributed by atoms with van der Waals surface area (Å²) in [6.07, 6.45) is 2.75. The molecule has 0 radical (unpaired) electrons. The lowest BCUT2D eigenvalue weighted by Gasteiger charge is -2.10. The van der Waals surface area contributed by atoms with Gasteiger partial charge in [0.2, 0.25) is 0 Å². The van der Waals surface area contributed by atoms with Crippen molar-refractivity contribution in [1.82, 2.24) is 9.55 Å². The van der Waals surface area contributed by atoms with E-state index in [9.17, 15) is 4.79 Å². The first-order chi connectivity index (χ1) is 13.0. The normalized spacial score (nSPS) is 14.6. The number of aromatic nitrogens is 2. The maximum atomic E-state index is 12.8. The smallest absolute Gasteiger partial charge is 0.261 e. The zero-order valence-electron chi connectivity index (χ0n) is 14.8. The molecule has 0 fully saturated rings. The predicted molar refractivity (Wildman–Crippen MR) is 111 cm³/mol. The average Bonchev–Trinajstić information content (AvgIpc) is 3.05. The van der Waals surface area contributed by atoms with Crippen LogP contribution in [0.1, 0.15) is 17.8 Å². The van der Waals surface area contributed by atoms with Crippen LogP contribution in [-0.2, 0) is 6.54 Å². The van der Waals surface area contributed by atoms with E-state index in [2.05, 4.69) is 15.9 Å². The van der Waals surface area contributed by atoms with Gasteiger partial charge in [0, 0.05) is 16.0 Å². The molecule has 0 aliphatic carbocycles. The van der Waals surface area contributed by atoms with E-state index in [1.54, 1.807) is 37.0 Å². The van der Waals surface area contributed by atoms with E-state index in [0.717, 1.165) is 22.0 Å². The lowest BCUT2D eigenvalue weighted by Crippen LogP contribution is -2.20. The summed E-state index contributed by atoms with van der Waals surface area (Å²) in [4.78, 5) is 17.5. The number of hydrogen-bond acceptors (Lipinski definition) is 4. The molecule has 4 rings (SSSR count). The zero-order chi connectivity index (χ0) is 19.1. The molecular formula is C20H16BrClN2O3. The van der Waals surface area contributed by atoms with Gasteiger partial charge in [0.05, 0.1) is 25.1 Å². The molecule has 0 bridgehead atoms. The van der Waals surface area contributed by atoms with Gasteiger partial charge < -0.3 is 9.47 Å². The minimum atomic E-state index is -0.0403. The van der Waals surface area contributed by atoms with Crippen LogP contribution in [0, 0.1) is 0 Å². The molecule has 0 unspecified atom stereocenters. The third kappa shape index (κ3) is 3.13. The molecule has 0 N–H and O–H groups in total. The average molecular weight is 448 g/mol. The van der Waals surface area contributed by atoms with Crippen molar-refractivity contribution < 1.29 is 9.47 Å². The summed E-state index contributed by atoms with van der Waals surface area (Å²) in [7, 11) is 3.20. The Morgan fingerprint density at radius 1 is 1.19 bits per heavy atom. The number of hydrogen-bond donors (Lipinski definition) is 0. The maximum absolute atomic E-state index is 12.8. The number of nitrogens with zero attached hydrogens (tertiary/aromatic N) is 2. The molecule has 0 atom stereocenters. The fourth-order valence-corrected chi connectivity index (χ4v) is 3.90. The number of rotatable bonds is 3. The Bertz CT molecular complexity index is 1150. The standard InChI is InChI=1S/C20H16BrClN2O3/c1-26-17-8-12(15(21)10-18(17)27-2)7-11-5-6-24-19(11)23-16-9-13(22)3-4-14(16)20(24)25/h3-4,7-10H,5-6H2,1-2H3/b11-7+. The van der Waals surface area contributed by atoms with Crippen LogP contribution in [-0.4, -0.2) is 23.8 Å². The van der Waals surface area contributed by atoms with Crippen LogP contribution in [0.15, 0.2) is 39.6 Å². The third-order valence-electron chi connectivity index (χ3n) is 4.64. The van der Waals surface area contributed by atoms with Crippen LogP contribution < -0.4 is 15.0 Å². The van der Waals surface area contributed by atoms with Crippen LogP contribution in [0.25, 0.3) is 22.6 Å². The molecule has 7 heteroatoms. The van der Waals surface area contributed by atoms with E-state index < -0.39 is 0 Å². The van der Waals surface area contributed by atoms with Crippen molar-refractivity contribution >= 4 is 50.1 Å².